The molecule has 1 aliphatic heterocycles. The van der Waals surface area contributed by atoms with Crippen LogP contribution in [0.25, 0.3) is 9.88 Å². The number of benzene rings is 1. The zero-order valence-corrected chi connectivity index (χ0v) is 14.3. The molecule has 0 fully saturated rings. The van der Waals surface area contributed by atoms with Gasteiger partial charge in [0.05, 0.1) is 10.6 Å². The van der Waals surface area contributed by atoms with Crippen molar-refractivity contribution in [1.29, 1.82) is 0 Å². The van der Waals surface area contributed by atoms with Gasteiger partial charge < -0.3 is 9.47 Å². The number of hydrogen-bond donors (Lipinski definition) is 0. The number of rotatable bonds is 5. The van der Waals surface area contributed by atoms with Crippen LogP contribution in [0.2, 0.25) is 0 Å². The van der Waals surface area contributed by atoms with E-state index in [1.807, 2.05) is 6.07 Å². The van der Waals surface area contributed by atoms with Crippen LogP contribution in [0.15, 0.2) is 41.1 Å². The topological polar surface area (TPSA) is 34.6 Å². The fourth-order valence-corrected chi connectivity index (χ4v) is 4.20. The van der Waals surface area contributed by atoms with E-state index in [-0.39, 0.29) is 0 Å². The zero-order chi connectivity index (χ0) is 15.6. The maximum Gasteiger partial charge on any atom is 0.231 e. The van der Waals surface area contributed by atoms with Gasteiger partial charge in [-0.25, -0.2) is 4.98 Å². The molecule has 118 valence electrons. The van der Waals surface area contributed by atoms with Crippen molar-refractivity contribution in [1.82, 2.24) is 9.88 Å². The Bertz CT molecular complexity index is 799. The molecule has 1 aliphatic rings. The number of aromatic nitrogens is 1. The molecule has 6 heteroatoms. The maximum absolute atomic E-state index is 5.43. The Balaban J connectivity index is 1.41. The van der Waals surface area contributed by atoms with Crippen molar-refractivity contribution in [2.45, 2.75) is 13.1 Å². The fraction of sp³-hybridized carbons (Fsp3) is 0.235. The van der Waals surface area contributed by atoms with Gasteiger partial charge in [-0.3, -0.25) is 4.90 Å². The standard InChI is InChI=1S/C17H16N2O2S2/c1-19(8-12-4-5-14-15(7-12)21-11-20-14)9-13-10-23-17(18-13)16-3-2-6-22-16/h2-7,10H,8-9,11H2,1H3. The number of fused-ring (bicyclic) bond motifs is 1. The monoisotopic (exact) mass is 344 g/mol. The van der Waals surface area contributed by atoms with Crippen LogP contribution in [0, 0.1) is 0 Å². The van der Waals surface area contributed by atoms with Crippen LogP contribution in [0.3, 0.4) is 0 Å². The molecule has 4 nitrogen and oxygen atoms in total. The molecule has 3 heterocycles. The molecule has 0 saturated carbocycles. The molecule has 2 aromatic heterocycles. The number of hydrogen-bond acceptors (Lipinski definition) is 6. The van der Waals surface area contributed by atoms with Crippen molar-refractivity contribution in [3.63, 3.8) is 0 Å². The molecular weight excluding hydrogens is 328 g/mol. The van der Waals surface area contributed by atoms with Gasteiger partial charge in [-0.2, -0.15) is 0 Å². The molecular formula is C17H16N2O2S2. The molecule has 4 rings (SSSR count). The minimum absolute atomic E-state index is 0.318. The van der Waals surface area contributed by atoms with Gasteiger partial charge in [-0.1, -0.05) is 12.1 Å². The number of nitrogens with zero attached hydrogens (tertiary/aromatic N) is 2. The van der Waals surface area contributed by atoms with Gasteiger partial charge in [0.25, 0.3) is 0 Å². The summed E-state index contributed by atoms with van der Waals surface area (Å²) in [5, 5.41) is 5.33. The van der Waals surface area contributed by atoms with E-state index in [1.165, 1.54) is 10.4 Å². The number of ether oxygens (including phenoxy) is 2. The Morgan fingerprint density at radius 1 is 1.13 bits per heavy atom. The highest BCUT2D eigenvalue weighted by molar-refractivity contribution is 7.20. The van der Waals surface area contributed by atoms with Crippen LogP contribution in [0.5, 0.6) is 11.5 Å². The first-order valence-corrected chi connectivity index (χ1v) is 9.09. The third-order valence-corrected chi connectivity index (χ3v) is 5.54. The average molecular weight is 344 g/mol. The summed E-state index contributed by atoms with van der Waals surface area (Å²) >= 11 is 3.44. The lowest BCUT2D eigenvalue weighted by atomic mass is 10.2. The zero-order valence-electron chi connectivity index (χ0n) is 12.7. The molecule has 0 atom stereocenters. The molecule has 0 radical (unpaired) electrons. The summed E-state index contributed by atoms with van der Waals surface area (Å²) in [6, 6.07) is 10.3. The second-order valence-corrected chi connectivity index (χ2v) is 7.29. The molecule has 0 amide bonds. The van der Waals surface area contributed by atoms with Crippen LogP contribution in [-0.2, 0) is 13.1 Å². The van der Waals surface area contributed by atoms with Crippen molar-refractivity contribution in [3.8, 4) is 21.4 Å². The smallest absolute Gasteiger partial charge is 0.231 e. The summed E-state index contributed by atoms with van der Waals surface area (Å²) in [6.07, 6.45) is 0. The van der Waals surface area contributed by atoms with Gasteiger partial charge in [-0.05, 0) is 36.2 Å². The van der Waals surface area contributed by atoms with E-state index >= 15 is 0 Å². The largest absolute Gasteiger partial charge is 0.454 e. The van der Waals surface area contributed by atoms with Gasteiger partial charge in [0.2, 0.25) is 6.79 Å². The van der Waals surface area contributed by atoms with Gasteiger partial charge in [-0.15, -0.1) is 22.7 Å². The minimum Gasteiger partial charge on any atom is -0.454 e. The molecule has 0 spiro atoms. The van der Waals surface area contributed by atoms with E-state index in [2.05, 4.69) is 47.0 Å². The lowest BCUT2D eigenvalue weighted by molar-refractivity contribution is 0.174. The van der Waals surface area contributed by atoms with E-state index in [0.717, 1.165) is 35.3 Å². The molecule has 0 unspecified atom stereocenters. The van der Waals surface area contributed by atoms with Crippen molar-refractivity contribution >= 4 is 22.7 Å². The first-order valence-electron chi connectivity index (χ1n) is 7.33. The highest BCUT2D eigenvalue weighted by Crippen LogP contribution is 2.33. The predicted molar refractivity (Wildman–Crippen MR) is 93.2 cm³/mol. The maximum atomic E-state index is 5.43. The first-order chi connectivity index (χ1) is 11.3. The van der Waals surface area contributed by atoms with Gasteiger partial charge in [0.15, 0.2) is 11.5 Å². The van der Waals surface area contributed by atoms with Crippen molar-refractivity contribution in [3.05, 3.63) is 52.3 Å². The number of thiophene rings is 1. The highest BCUT2D eigenvalue weighted by Gasteiger charge is 2.14. The summed E-state index contributed by atoms with van der Waals surface area (Å²) in [5.41, 5.74) is 2.33. The third kappa shape index (κ3) is 3.24. The van der Waals surface area contributed by atoms with Crippen LogP contribution < -0.4 is 9.47 Å². The number of thiazole rings is 1. The summed E-state index contributed by atoms with van der Waals surface area (Å²) in [7, 11) is 2.11. The van der Waals surface area contributed by atoms with Crippen LogP contribution >= 0.6 is 22.7 Å². The van der Waals surface area contributed by atoms with E-state index in [0.29, 0.717) is 6.79 Å². The Kier molecular flexibility index (Phi) is 4.03. The molecule has 0 N–H and O–H groups in total. The van der Waals surface area contributed by atoms with Gasteiger partial charge in [0.1, 0.15) is 5.01 Å². The SMILES string of the molecule is CN(Cc1ccc2c(c1)OCO2)Cc1csc(-c2cccs2)n1. The van der Waals surface area contributed by atoms with E-state index in [4.69, 9.17) is 14.5 Å². The lowest BCUT2D eigenvalue weighted by Gasteiger charge is -2.15. The molecule has 0 saturated heterocycles. The fourth-order valence-electron chi connectivity index (χ4n) is 2.58. The van der Waals surface area contributed by atoms with Gasteiger partial charge in [0, 0.05) is 18.5 Å². The summed E-state index contributed by atoms with van der Waals surface area (Å²) in [4.78, 5) is 8.23. The summed E-state index contributed by atoms with van der Waals surface area (Å²) in [6.45, 7) is 2.00. The minimum atomic E-state index is 0.318. The van der Waals surface area contributed by atoms with E-state index < -0.39 is 0 Å². The summed E-state index contributed by atoms with van der Waals surface area (Å²) in [5.74, 6) is 1.67. The molecule has 1 aromatic carbocycles. The first kappa shape index (κ1) is 14.7. The second-order valence-electron chi connectivity index (χ2n) is 5.48. The van der Waals surface area contributed by atoms with Gasteiger partial charge >= 0.3 is 0 Å². The van der Waals surface area contributed by atoms with Crippen molar-refractivity contribution in [2.75, 3.05) is 13.8 Å². The Labute approximate surface area is 142 Å². The Morgan fingerprint density at radius 2 is 2.04 bits per heavy atom. The highest BCUT2D eigenvalue weighted by atomic mass is 32.1. The molecule has 0 aliphatic carbocycles. The summed E-state index contributed by atoms with van der Waals surface area (Å²) < 4.78 is 10.8. The Morgan fingerprint density at radius 3 is 2.91 bits per heavy atom. The Hall–Kier alpha value is -1.89. The molecule has 3 aromatic rings. The average Bonchev–Trinajstić information content (AvgIpc) is 3.27. The van der Waals surface area contributed by atoms with Crippen molar-refractivity contribution in [2.24, 2.45) is 0 Å². The van der Waals surface area contributed by atoms with Crippen LogP contribution in [0.4, 0.5) is 0 Å². The van der Waals surface area contributed by atoms with Crippen LogP contribution in [0.1, 0.15) is 11.3 Å². The normalized spacial score (nSPS) is 13.0. The molecule has 23 heavy (non-hydrogen) atoms. The van der Waals surface area contributed by atoms with E-state index in [9.17, 15) is 0 Å². The predicted octanol–water partition coefficient (Wildman–Crippen LogP) is 4.23. The van der Waals surface area contributed by atoms with E-state index in [1.54, 1.807) is 22.7 Å². The van der Waals surface area contributed by atoms with Crippen LogP contribution in [-0.4, -0.2) is 23.7 Å². The lowest BCUT2D eigenvalue weighted by Crippen LogP contribution is -2.17. The van der Waals surface area contributed by atoms with Crippen molar-refractivity contribution < 1.29 is 9.47 Å². The third-order valence-electron chi connectivity index (χ3n) is 3.61. The quantitative estimate of drug-likeness (QED) is 0.694. The molecule has 0 bridgehead atoms. The second kappa shape index (κ2) is 6.31.